The van der Waals surface area contributed by atoms with E-state index in [0.29, 0.717) is 30.9 Å². The fourth-order valence-electron chi connectivity index (χ4n) is 3.69. The van der Waals surface area contributed by atoms with Crippen molar-refractivity contribution < 1.29 is 19.1 Å². The van der Waals surface area contributed by atoms with Crippen molar-refractivity contribution in [2.45, 2.75) is 25.0 Å². The molecule has 2 aliphatic heterocycles. The highest BCUT2D eigenvalue weighted by molar-refractivity contribution is 6.09. The van der Waals surface area contributed by atoms with Crippen molar-refractivity contribution in [3.05, 3.63) is 65.7 Å². The van der Waals surface area contributed by atoms with Crippen molar-refractivity contribution in [2.75, 3.05) is 25.0 Å². The summed E-state index contributed by atoms with van der Waals surface area (Å²) in [6.45, 7) is 1.48. The van der Waals surface area contributed by atoms with Gasteiger partial charge in [0.1, 0.15) is 12.1 Å². The molecule has 2 N–H and O–H groups in total. The van der Waals surface area contributed by atoms with E-state index < -0.39 is 6.04 Å². The molecule has 0 aromatic heterocycles. The van der Waals surface area contributed by atoms with E-state index in [4.69, 9.17) is 4.74 Å². The molecule has 2 heterocycles. The lowest BCUT2D eigenvalue weighted by atomic mass is 10.1. The fraction of sp³-hybridized carbons (Fsp3) is 0.318. The highest BCUT2D eigenvalue weighted by Gasteiger charge is 2.30. The molecule has 150 valence electrons. The zero-order valence-electron chi connectivity index (χ0n) is 16.0. The predicted molar refractivity (Wildman–Crippen MR) is 107 cm³/mol. The quantitative estimate of drug-likeness (QED) is 0.833. The summed E-state index contributed by atoms with van der Waals surface area (Å²) in [5.74, 6) is -0.662. The van der Waals surface area contributed by atoms with Gasteiger partial charge in [-0.1, -0.05) is 42.5 Å². The number of carbonyl (C=O) groups excluding carboxylic acids is 3. The topological polar surface area (TPSA) is 87.7 Å². The Morgan fingerprint density at radius 1 is 1.07 bits per heavy atom. The number of benzene rings is 2. The van der Waals surface area contributed by atoms with Gasteiger partial charge in [-0.3, -0.25) is 14.4 Å². The molecule has 0 unspecified atom stereocenters. The van der Waals surface area contributed by atoms with Crippen molar-refractivity contribution in [3.63, 3.8) is 0 Å². The van der Waals surface area contributed by atoms with Crippen LogP contribution in [0.4, 0.5) is 5.69 Å². The first-order valence-corrected chi connectivity index (χ1v) is 9.77. The number of hydrogen-bond acceptors (Lipinski definition) is 4. The molecular formula is C22H23N3O4. The van der Waals surface area contributed by atoms with Gasteiger partial charge in [-0.05, 0) is 24.1 Å². The molecule has 0 aliphatic carbocycles. The van der Waals surface area contributed by atoms with Crippen molar-refractivity contribution >= 4 is 23.4 Å². The average molecular weight is 393 g/mol. The summed E-state index contributed by atoms with van der Waals surface area (Å²) in [6.07, 6.45) is 0.276. The monoisotopic (exact) mass is 393 g/mol. The molecule has 0 bridgehead atoms. The Kier molecular flexibility index (Phi) is 5.57. The molecule has 4 rings (SSSR count). The molecule has 2 aliphatic rings. The first-order valence-electron chi connectivity index (χ1n) is 9.77. The number of para-hydroxylation sites is 1. The SMILES string of the molecule is O=C1N[C@@H](CCC(=O)N2CCO[C@H](c3ccccc3)C2)C(=O)Nc2ccccc21. The van der Waals surface area contributed by atoms with Crippen LogP contribution >= 0.6 is 0 Å². The maximum absolute atomic E-state index is 12.7. The molecule has 0 radical (unpaired) electrons. The molecule has 2 aromatic carbocycles. The van der Waals surface area contributed by atoms with Gasteiger partial charge >= 0.3 is 0 Å². The summed E-state index contributed by atoms with van der Waals surface area (Å²) in [5.41, 5.74) is 1.95. The highest BCUT2D eigenvalue weighted by Crippen LogP contribution is 2.23. The molecule has 7 heteroatoms. The maximum Gasteiger partial charge on any atom is 0.254 e. The highest BCUT2D eigenvalue weighted by atomic mass is 16.5. The van der Waals surface area contributed by atoms with Gasteiger partial charge in [-0.15, -0.1) is 0 Å². The second-order valence-electron chi connectivity index (χ2n) is 7.21. The summed E-state index contributed by atoms with van der Waals surface area (Å²) in [6, 6.07) is 15.9. The van der Waals surface area contributed by atoms with Crippen LogP contribution < -0.4 is 10.6 Å². The number of hydrogen-bond donors (Lipinski definition) is 2. The van der Waals surface area contributed by atoms with E-state index in [1.807, 2.05) is 30.3 Å². The smallest absolute Gasteiger partial charge is 0.254 e. The van der Waals surface area contributed by atoms with E-state index in [1.54, 1.807) is 29.2 Å². The summed E-state index contributed by atoms with van der Waals surface area (Å²) < 4.78 is 5.81. The van der Waals surface area contributed by atoms with Gasteiger partial charge in [0.05, 0.1) is 24.4 Å². The Labute approximate surface area is 169 Å². The second kappa shape index (κ2) is 8.45. The summed E-state index contributed by atoms with van der Waals surface area (Å²) in [4.78, 5) is 39.4. The predicted octanol–water partition coefficient (Wildman–Crippen LogP) is 2.12. The van der Waals surface area contributed by atoms with Crippen molar-refractivity contribution in [3.8, 4) is 0 Å². The third-order valence-electron chi connectivity index (χ3n) is 5.29. The van der Waals surface area contributed by atoms with Crippen LogP contribution in [0.2, 0.25) is 0 Å². The molecule has 3 amide bonds. The van der Waals surface area contributed by atoms with E-state index in [9.17, 15) is 14.4 Å². The lowest BCUT2D eigenvalue weighted by Crippen LogP contribution is -2.44. The van der Waals surface area contributed by atoms with Crippen molar-refractivity contribution in [2.24, 2.45) is 0 Å². The first kappa shape index (κ1) is 19.1. The van der Waals surface area contributed by atoms with Crippen molar-refractivity contribution in [1.29, 1.82) is 0 Å². The molecule has 7 nitrogen and oxygen atoms in total. The molecule has 1 saturated heterocycles. The van der Waals surface area contributed by atoms with E-state index in [0.717, 1.165) is 5.56 Å². The van der Waals surface area contributed by atoms with Gasteiger partial charge in [0.15, 0.2) is 0 Å². The van der Waals surface area contributed by atoms with Crippen molar-refractivity contribution in [1.82, 2.24) is 10.2 Å². The number of fused-ring (bicyclic) bond motifs is 1. The minimum absolute atomic E-state index is 0.0435. The molecule has 0 spiro atoms. The number of nitrogens with one attached hydrogen (secondary N) is 2. The number of amides is 3. The molecule has 2 aromatic rings. The minimum Gasteiger partial charge on any atom is -0.370 e. The Morgan fingerprint density at radius 3 is 2.66 bits per heavy atom. The van der Waals surface area contributed by atoms with Crippen LogP contribution in [0.1, 0.15) is 34.9 Å². The number of anilines is 1. The Hall–Kier alpha value is -3.19. The zero-order chi connectivity index (χ0) is 20.2. The van der Waals surface area contributed by atoms with Gasteiger partial charge in [0.2, 0.25) is 11.8 Å². The lowest BCUT2D eigenvalue weighted by molar-refractivity contribution is -0.139. The molecular weight excluding hydrogens is 370 g/mol. The number of morpholine rings is 1. The Bertz CT molecular complexity index is 915. The average Bonchev–Trinajstić information content (AvgIpc) is 2.88. The van der Waals surface area contributed by atoms with E-state index >= 15 is 0 Å². The molecule has 0 saturated carbocycles. The zero-order valence-corrected chi connectivity index (χ0v) is 16.0. The first-order chi connectivity index (χ1) is 14.1. The van der Waals surface area contributed by atoms with Gasteiger partial charge in [0.25, 0.3) is 5.91 Å². The van der Waals surface area contributed by atoms with Gasteiger partial charge in [-0.25, -0.2) is 0 Å². The fourth-order valence-corrected chi connectivity index (χ4v) is 3.69. The standard InChI is InChI=1S/C22H23N3O4/c26-20(25-12-13-29-19(14-25)15-6-2-1-3-7-15)11-10-18-22(28)23-17-9-5-4-8-16(17)21(27)24-18/h1-9,18-19H,10-14H2,(H,23,28)(H,24,27)/t18-,19-/m0/s1. The van der Waals surface area contributed by atoms with Gasteiger partial charge < -0.3 is 20.3 Å². The summed E-state index contributed by atoms with van der Waals surface area (Å²) in [5, 5.41) is 5.50. The second-order valence-corrected chi connectivity index (χ2v) is 7.21. The van der Waals surface area contributed by atoms with Crippen LogP contribution in [0, 0.1) is 0 Å². The van der Waals surface area contributed by atoms with E-state index in [2.05, 4.69) is 10.6 Å². The molecule has 29 heavy (non-hydrogen) atoms. The normalized spacial score (nSPS) is 21.6. The van der Waals surface area contributed by atoms with Crippen LogP contribution in [0.3, 0.4) is 0 Å². The number of carbonyl (C=O) groups is 3. The Morgan fingerprint density at radius 2 is 1.83 bits per heavy atom. The lowest BCUT2D eigenvalue weighted by Gasteiger charge is -2.33. The van der Waals surface area contributed by atoms with Crippen LogP contribution in [-0.2, 0) is 14.3 Å². The maximum atomic E-state index is 12.7. The minimum atomic E-state index is -0.746. The number of rotatable bonds is 4. The Balaban J connectivity index is 1.36. The van der Waals surface area contributed by atoms with Crippen LogP contribution in [0.15, 0.2) is 54.6 Å². The van der Waals surface area contributed by atoms with Crippen LogP contribution in [0.25, 0.3) is 0 Å². The van der Waals surface area contributed by atoms with Crippen LogP contribution in [-0.4, -0.2) is 48.4 Å². The van der Waals surface area contributed by atoms with E-state index in [-0.39, 0.29) is 36.7 Å². The third kappa shape index (κ3) is 4.30. The number of ether oxygens (including phenoxy) is 1. The largest absolute Gasteiger partial charge is 0.370 e. The summed E-state index contributed by atoms with van der Waals surface area (Å²) in [7, 11) is 0. The molecule has 1 fully saturated rings. The van der Waals surface area contributed by atoms with Gasteiger partial charge in [-0.2, -0.15) is 0 Å². The molecule has 2 atom stereocenters. The van der Waals surface area contributed by atoms with E-state index in [1.165, 1.54) is 0 Å². The third-order valence-corrected chi connectivity index (χ3v) is 5.29. The van der Waals surface area contributed by atoms with Gasteiger partial charge in [0, 0.05) is 13.0 Å². The van der Waals surface area contributed by atoms with Crippen LogP contribution in [0.5, 0.6) is 0 Å². The number of nitrogens with zero attached hydrogens (tertiary/aromatic N) is 1. The summed E-state index contributed by atoms with van der Waals surface area (Å²) >= 11 is 0.